The molecular weight excluding hydrogens is 440 g/mol. The third kappa shape index (κ3) is 4.60. The maximum atomic E-state index is 14.1. The van der Waals surface area contributed by atoms with Crippen molar-refractivity contribution < 1.29 is 23.2 Å². The highest BCUT2D eigenvalue weighted by Gasteiger charge is 2.52. The highest BCUT2D eigenvalue weighted by Crippen LogP contribution is 2.34. The largest absolute Gasteiger partial charge is 0.340 e. The van der Waals surface area contributed by atoms with Crippen molar-refractivity contribution in [2.75, 3.05) is 13.6 Å². The third-order valence-corrected chi connectivity index (χ3v) is 5.95. The topological polar surface area (TPSA) is 69.7 Å². The standard InChI is InChI=1S/C23H24ClF2N3O3/c1-3-4-12-23(15-8-10-16(25)11-9-15)21(31)29(22(32)27-23)14-20(30)28(2)13-17-18(24)6-5-7-19(17)26/h5-11H,3-4,12-14H2,1-2H3,(H,27,32). The van der Waals surface area contributed by atoms with Crippen molar-refractivity contribution in [2.45, 2.75) is 38.3 Å². The summed E-state index contributed by atoms with van der Waals surface area (Å²) in [5, 5.41) is 2.89. The first kappa shape index (κ1) is 23.7. The van der Waals surface area contributed by atoms with Crippen LogP contribution in [0.4, 0.5) is 13.6 Å². The van der Waals surface area contributed by atoms with Crippen molar-refractivity contribution in [1.29, 1.82) is 0 Å². The van der Waals surface area contributed by atoms with Gasteiger partial charge in [0.2, 0.25) is 5.91 Å². The predicted molar refractivity (Wildman–Crippen MR) is 116 cm³/mol. The quantitative estimate of drug-likeness (QED) is 0.596. The van der Waals surface area contributed by atoms with E-state index in [1.54, 1.807) is 0 Å². The maximum absolute atomic E-state index is 14.1. The Bertz CT molecular complexity index is 1010. The first-order valence-electron chi connectivity index (χ1n) is 10.3. The lowest BCUT2D eigenvalue weighted by molar-refractivity contribution is -0.139. The lowest BCUT2D eigenvalue weighted by Crippen LogP contribution is -2.45. The number of hydrogen-bond acceptors (Lipinski definition) is 3. The molecule has 32 heavy (non-hydrogen) atoms. The van der Waals surface area contributed by atoms with Gasteiger partial charge in [0.15, 0.2) is 0 Å². The van der Waals surface area contributed by atoms with E-state index in [9.17, 15) is 23.2 Å². The first-order valence-corrected chi connectivity index (χ1v) is 10.6. The Morgan fingerprint density at radius 3 is 2.47 bits per heavy atom. The van der Waals surface area contributed by atoms with Gasteiger partial charge in [-0.1, -0.05) is 49.6 Å². The van der Waals surface area contributed by atoms with Gasteiger partial charge in [0, 0.05) is 24.2 Å². The van der Waals surface area contributed by atoms with Crippen LogP contribution in [0.2, 0.25) is 5.02 Å². The van der Waals surface area contributed by atoms with Gasteiger partial charge in [-0.25, -0.2) is 13.6 Å². The Kier molecular flexibility index (Phi) is 7.13. The van der Waals surface area contributed by atoms with E-state index in [0.717, 1.165) is 11.3 Å². The van der Waals surface area contributed by atoms with Crippen LogP contribution < -0.4 is 5.32 Å². The molecule has 2 aromatic rings. The van der Waals surface area contributed by atoms with E-state index in [2.05, 4.69) is 5.32 Å². The van der Waals surface area contributed by atoms with Crippen molar-refractivity contribution in [3.63, 3.8) is 0 Å². The minimum atomic E-state index is -1.37. The zero-order valence-electron chi connectivity index (χ0n) is 17.8. The molecule has 1 N–H and O–H groups in total. The molecule has 0 saturated carbocycles. The molecule has 9 heteroatoms. The number of halogens is 3. The molecule has 4 amide bonds. The molecular formula is C23H24ClF2N3O3. The second-order valence-corrected chi connectivity index (χ2v) is 8.19. The Labute approximate surface area is 190 Å². The molecule has 1 atom stereocenters. The van der Waals surface area contributed by atoms with Crippen LogP contribution in [-0.2, 0) is 21.7 Å². The van der Waals surface area contributed by atoms with Gasteiger partial charge in [0.25, 0.3) is 5.91 Å². The van der Waals surface area contributed by atoms with E-state index in [1.165, 1.54) is 54.4 Å². The number of imide groups is 1. The SMILES string of the molecule is CCCCC1(c2ccc(F)cc2)NC(=O)N(CC(=O)N(C)Cc2c(F)cccc2Cl)C1=O. The van der Waals surface area contributed by atoms with E-state index >= 15 is 0 Å². The summed E-state index contributed by atoms with van der Waals surface area (Å²) in [6.07, 6.45) is 1.72. The second-order valence-electron chi connectivity index (χ2n) is 7.79. The van der Waals surface area contributed by atoms with Crippen molar-refractivity contribution in [3.05, 3.63) is 70.2 Å². The number of nitrogens with zero attached hydrogens (tertiary/aromatic N) is 2. The summed E-state index contributed by atoms with van der Waals surface area (Å²) in [6, 6.07) is 8.87. The average molecular weight is 464 g/mol. The number of likely N-dealkylation sites (N-methyl/N-ethyl adjacent to an activating group) is 1. The molecule has 1 heterocycles. The molecule has 6 nitrogen and oxygen atoms in total. The van der Waals surface area contributed by atoms with Crippen LogP contribution in [-0.4, -0.2) is 41.2 Å². The number of nitrogens with one attached hydrogen (secondary N) is 1. The zero-order chi connectivity index (χ0) is 23.5. The minimum Gasteiger partial charge on any atom is -0.340 e. The van der Waals surface area contributed by atoms with E-state index in [-0.39, 0.29) is 17.1 Å². The number of benzene rings is 2. The van der Waals surface area contributed by atoms with Gasteiger partial charge < -0.3 is 10.2 Å². The fraction of sp³-hybridized carbons (Fsp3) is 0.348. The van der Waals surface area contributed by atoms with Gasteiger partial charge in [0.05, 0.1) is 0 Å². The molecule has 0 aromatic heterocycles. The summed E-state index contributed by atoms with van der Waals surface area (Å²) in [4.78, 5) is 40.9. The number of urea groups is 1. The van der Waals surface area contributed by atoms with Crippen LogP contribution >= 0.6 is 11.6 Å². The second kappa shape index (κ2) is 9.65. The molecule has 0 aliphatic carbocycles. The molecule has 3 rings (SSSR count). The molecule has 0 radical (unpaired) electrons. The Morgan fingerprint density at radius 2 is 1.84 bits per heavy atom. The Hall–Kier alpha value is -3.00. The molecule has 1 aliphatic heterocycles. The van der Waals surface area contributed by atoms with Crippen LogP contribution in [0.25, 0.3) is 0 Å². The van der Waals surface area contributed by atoms with E-state index in [1.807, 2.05) is 6.92 Å². The number of rotatable bonds is 8. The highest BCUT2D eigenvalue weighted by atomic mass is 35.5. The minimum absolute atomic E-state index is 0.118. The van der Waals surface area contributed by atoms with Crippen molar-refractivity contribution in [1.82, 2.24) is 15.1 Å². The number of carbonyl (C=O) groups excluding carboxylic acids is 3. The fourth-order valence-electron chi connectivity index (χ4n) is 3.72. The third-order valence-electron chi connectivity index (χ3n) is 5.59. The Balaban J connectivity index is 1.80. The van der Waals surface area contributed by atoms with Crippen LogP contribution in [0.5, 0.6) is 0 Å². The van der Waals surface area contributed by atoms with E-state index in [4.69, 9.17) is 11.6 Å². The fourth-order valence-corrected chi connectivity index (χ4v) is 3.94. The van der Waals surface area contributed by atoms with Gasteiger partial charge in [0.1, 0.15) is 23.7 Å². The molecule has 1 saturated heterocycles. The van der Waals surface area contributed by atoms with Gasteiger partial charge >= 0.3 is 6.03 Å². The first-order chi connectivity index (χ1) is 15.2. The van der Waals surface area contributed by atoms with E-state index in [0.29, 0.717) is 18.4 Å². The van der Waals surface area contributed by atoms with Gasteiger partial charge in [-0.15, -0.1) is 0 Å². The van der Waals surface area contributed by atoms with Crippen LogP contribution in [0.1, 0.15) is 37.3 Å². The summed E-state index contributed by atoms with van der Waals surface area (Å²) in [5.41, 5.74) is -0.771. The van der Waals surface area contributed by atoms with Gasteiger partial charge in [-0.05, 0) is 36.2 Å². The van der Waals surface area contributed by atoms with Gasteiger partial charge in [-0.3, -0.25) is 14.5 Å². The molecule has 0 bridgehead atoms. The molecule has 2 aromatic carbocycles. The molecule has 0 spiro atoms. The van der Waals surface area contributed by atoms with Gasteiger partial charge in [-0.2, -0.15) is 0 Å². The van der Waals surface area contributed by atoms with Crippen molar-refractivity contribution in [2.24, 2.45) is 0 Å². The summed E-state index contributed by atoms with van der Waals surface area (Å²) in [7, 11) is 1.44. The summed E-state index contributed by atoms with van der Waals surface area (Å²) in [5.74, 6) is -2.15. The lowest BCUT2D eigenvalue weighted by atomic mass is 9.85. The zero-order valence-corrected chi connectivity index (χ0v) is 18.6. The normalized spacial score (nSPS) is 18.1. The molecule has 1 unspecified atom stereocenters. The number of unbranched alkanes of at least 4 members (excludes halogenated alkanes) is 1. The monoisotopic (exact) mass is 463 g/mol. The van der Waals surface area contributed by atoms with Crippen LogP contribution in [0.15, 0.2) is 42.5 Å². The highest BCUT2D eigenvalue weighted by molar-refractivity contribution is 6.31. The smallest absolute Gasteiger partial charge is 0.325 e. The van der Waals surface area contributed by atoms with Crippen LogP contribution in [0, 0.1) is 11.6 Å². The van der Waals surface area contributed by atoms with Crippen molar-refractivity contribution in [3.8, 4) is 0 Å². The number of hydrogen-bond donors (Lipinski definition) is 1. The molecule has 1 fully saturated rings. The number of carbonyl (C=O) groups is 3. The lowest BCUT2D eigenvalue weighted by Gasteiger charge is -2.27. The Morgan fingerprint density at radius 1 is 1.16 bits per heavy atom. The van der Waals surface area contributed by atoms with Crippen molar-refractivity contribution >= 4 is 29.4 Å². The molecule has 170 valence electrons. The number of amides is 4. The summed E-state index contributed by atoms with van der Waals surface area (Å²) in [6.45, 7) is 1.32. The summed E-state index contributed by atoms with van der Waals surface area (Å²) >= 11 is 6.03. The maximum Gasteiger partial charge on any atom is 0.325 e. The average Bonchev–Trinajstić information content (AvgIpc) is 3.00. The van der Waals surface area contributed by atoms with E-state index < -0.39 is 41.6 Å². The predicted octanol–water partition coefficient (Wildman–Crippen LogP) is 4.21. The molecule has 1 aliphatic rings. The van der Waals surface area contributed by atoms with Crippen LogP contribution in [0.3, 0.4) is 0 Å². The summed E-state index contributed by atoms with van der Waals surface area (Å²) < 4.78 is 27.5.